The minimum Gasteiger partial charge on any atom is -0.348 e. The van der Waals surface area contributed by atoms with E-state index in [0.29, 0.717) is 0 Å². The van der Waals surface area contributed by atoms with Crippen LogP contribution < -0.4 is 4.72 Å². The Morgan fingerprint density at radius 3 is 2.56 bits per heavy atom. The molecule has 1 amide bonds. The molecule has 0 aromatic heterocycles. The molecule has 0 aliphatic carbocycles. The highest BCUT2D eigenvalue weighted by molar-refractivity contribution is 9.10. The third-order valence-corrected chi connectivity index (χ3v) is 4.16. The summed E-state index contributed by atoms with van der Waals surface area (Å²) in [5.74, 6) is -1.08. The zero-order chi connectivity index (χ0) is 13.9. The Kier molecular flexibility index (Phi) is 4.83. The molecule has 0 saturated heterocycles. The number of likely N-dealkylation sites (N-methyl/N-ethyl adjacent to an activating group) is 1. The van der Waals surface area contributed by atoms with Crippen LogP contribution in [0.25, 0.3) is 0 Å². The van der Waals surface area contributed by atoms with Gasteiger partial charge in [-0.2, -0.15) is 0 Å². The number of hydrogen-bond acceptors (Lipinski definition) is 3. The lowest BCUT2D eigenvalue weighted by Crippen LogP contribution is -2.36. The van der Waals surface area contributed by atoms with Crippen LogP contribution in [0.3, 0.4) is 0 Å². The molecule has 1 aromatic rings. The van der Waals surface area contributed by atoms with Crippen LogP contribution in [0.15, 0.2) is 27.6 Å². The summed E-state index contributed by atoms with van der Waals surface area (Å²) in [6.45, 7) is -0.368. The van der Waals surface area contributed by atoms with Crippen LogP contribution in [-0.2, 0) is 14.8 Å². The van der Waals surface area contributed by atoms with Crippen LogP contribution in [0.5, 0.6) is 0 Å². The second-order valence-electron chi connectivity index (χ2n) is 3.69. The topological polar surface area (TPSA) is 66.5 Å². The zero-order valence-corrected chi connectivity index (χ0v) is 12.2. The van der Waals surface area contributed by atoms with Gasteiger partial charge < -0.3 is 4.90 Å². The van der Waals surface area contributed by atoms with Crippen molar-refractivity contribution in [3.8, 4) is 0 Å². The second-order valence-corrected chi connectivity index (χ2v) is 6.31. The molecule has 5 nitrogen and oxygen atoms in total. The molecule has 0 heterocycles. The number of hydrogen-bond donors (Lipinski definition) is 1. The number of halogens is 2. The third-order valence-electron chi connectivity index (χ3n) is 2.11. The Morgan fingerprint density at radius 1 is 1.44 bits per heavy atom. The van der Waals surface area contributed by atoms with Crippen molar-refractivity contribution in [1.82, 2.24) is 9.62 Å². The predicted molar refractivity (Wildman–Crippen MR) is 68.0 cm³/mol. The summed E-state index contributed by atoms with van der Waals surface area (Å²) < 4.78 is 39.0. The average Bonchev–Trinajstić information content (AvgIpc) is 2.29. The Labute approximate surface area is 113 Å². The van der Waals surface area contributed by atoms with Gasteiger partial charge in [-0.25, -0.2) is 17.5 Å². The van der Waals surface area contributed by atoms with E-state index in [1.807, 2.05) is 0 Å². The molecule has 0 atom stereocenters. The molecule has 0 unspecified atom stereocenters. The number of carbonyl (C=O) groups excluding carboxylic acids is 1. The van der Waals surface area contributed by atoms with Crippen molar-refractivity contribution in [2.45, 2.75) is 4.90 Å². The van der Waals surface area contributed by atoms with Gasteiger partial charge in [0.15, 0.2) is 0 Å². The number of sulfonamides is 1. The fraction of sp³-hybridized carbons (Fsp3) is 0.300. The summed E-state index contributed by atoms with van der Waals surface area (Å²) in [6, 6.07) is 3.42. The van der Waals surface area contributed by atoms with Gasteiger partial charge in [0.2, 0.25) is 15.9 Å². The van der Waals surface area contributed by atoms with Crippen molar-refractivity contribution in [2.75, 3.05) is 20.6 Å². The molecule has 0 aliphatic heterocycles. The van der Waals surface area contributed by atoms with E-state index in [4.69, 9.17) is 0 Å². The summed E-state index contributed by atoms with van der Waals surface area (Å²) in [4.78, 5) is 12.3. The van der Waals surface area contributed by atoms with Crippen molar-refractivity contribution in [3.05, 3.63) is 28.5 Å². The predicted octanol–water partition coefficient (Wildman–Crippen LogP) is 0.955. The lowest BCUT2D eigenvalue weighted by atomic mass is 10.3. The maximum Gasteiger partial charge on any atom is 0.241 e. The van der Waals surface area contributed by atoms with Crippen molar-refractivity contribution >= 4 is 31.9 Å². The van der Waals surface area contributed by atoms with Gasteiger partial charge in [-0.3, -0.25) is 4.79 Å². The van der Waals surface area contributed by atoms with Crippen molar-refractivity contribution in [1.29, 1.82) is 0 Å². The fourth-order valence-corrected chi connectivity index (χ4v) is 2.27. The summed E-state index contributed by atoms with van der Waals surface area (Å²) in [5, 5.41) is 0. The van der Waals surface area contributed by atoms with Gasteiger partial charge in [0.1, 0.15) is 5.82 Å². The smallest absolute Gasteiger partial charge is 0.241 e. The lowest BCUT2D eigenvalue weighted by molar-refractivity contribution is -0.127. The van der Waals surface area contributed by atoms with Gasteiger partial charge in [0.05, 0.1) is 15.9 Å². The average molecular weight is 339 g/mol. The van der Waals surface area contributed by atoms with E-state index in [-0.39, 0.29) is 15.9 Å². The Bertz CT molecular complexity index is 560. The molecule has 0 bridgehead atoms. The van der Waals surface area contributed by atoms with E-state index in [1.165, 1.54) is 31.1 Å². The molecular formula is C10H12BrFN2O3S. The highest BCUT2D eigenvalue weighted by Gasteiger charge is 2.17. The van der Waals surface area contributed by atoms with Gasteiger partial charge in [-0.05, 0) is 34.1 Å². The van der Waals surface area contributed by atoms with Gasteiger partial charge in [0, 0.05) is 14.1 Å². The lowest BCUT2D eigenvalue weighted by Gasteiger charge is -2.11. The van der Waals surface area contributed by atoms with Crippen LogP contribution in [0.2, 0.25) is 0 Å². The zero-order valence-electron chi connectivity index (χ0n) is 9.78. The standard InChI is InChI=1S/C10H12BrFN2O3S/c1-14(2)10(15)6-13-18(16,17)7-3-4-8(11)9(12)5-7/h3-5,13H,6H2,1-2H3. The summed E-state index contributed by atoms with van der Waals surface area (Å²) in [7, 11) is -0.867. The molecule has 1 N–H and O–H groups in total. The van der Waals surface area contributed by atoms with E-state index in [2.05, 4.69) is 20.7 Å². The number of benzene rings is 1. The molecule has 18 heavy (non-hydrogen) atoms. The first kappa shape index (κ1) is 15.1. The third kappa shape index (κ3) is 3.76. The first-order chi connectivity index (χ1) is 8.24. The molecular weight excluding hydrogens is 327 g/mol. The Hall–Kier alpha value is -0.990. The van der Waals surface area contributed by atoms with E-state index in [1.54, 1.807) is 0 Å². The number of rotatable bonds is 4. The van der Waals surface area contributed by atoms with Crippen LogP contribution in [0.4, 0.5) is 4.39 Å². The monoisotopic (exact) mass is 338 g/mol. The van der Waals surface area contributed by atoms with E-state index in [9.17, 15) is 17.6 Å². The fourth-order valence-electron chi connectivity index (χ4n) is 1.04. The van der Waals surface area contributed by atoms with Crippen molar-refractivity contribution in [2.24, 2.45) is 0 Å². The Balaban J connectivity index is 2.87. The number of carbonyl (C=O) groups is 1. The van der Waals surface area contributed by atoms with Crippen LogP contribution in [0.1, 0.15) is 0 Å². The molecule has 0 radical (unpaired) electrons. The highest BCUT2D eigenvalue weighted by atomic mass is 79.9. The summed E-state index contributed by atoms with van der Waals surface area (Å²) in [6.07, 6.45) is 0. The highest BCUT2D eigenvalue weighted by Crippen LogP contribution is 2.19. The molecule has 0 spiro atoms. The van der Waals surface area contributed by atoms with Crippen molar-refractivity contribution in [3.63, 3.8) is 0 Å². The van der Waals surface area contributed by atoms with Crippen LogP contribution in [-0.4, -0.2) is 39.9 Å². The first-order valence-corrected chi connectivity index (χ1v) is 7.16. The maximum atomic E-state index is 13.2. The minimum absolute atomic E-state index is 0.172. The number of amides is 1. The van der Waals surface area contributed by atoms with Crippen LogP contribution >= 0.6 is 15.9 Å². The molecule has 0 fully saturated rings. The van der Waals surface area contributed by atoms with Gasteiger partial charge in [-0.15, -0.1) is 0 Å². The minimum atomic E-state index is -3.89. The normalized spacial score (nSPS) is 11.3. The number of nitrogens with one attached hydrogen (secondary N) is 1. The Morgan fingerprint density at radius 2 is 2.06 bits per heavy atom. The summed E-state index contributed by atoms with van der Waals surface area (Å²) in [5.41, 5.74) is 0. The maximum absolute atomic E-state index is 13.2. The summed E-state index contributed by atoms with van der Waals surface area (Å²) >= 11 is 2.93. The molecule has 1 rings (SSSR count). The molecule has 100 valence electrons. The molecule has 1 aromatic carbocycles. The first-order valence-electron chi connectivity index (χ1n) is 4.89. The number of nitrogens with zero attached hydrogens (tertiary/aromatic N) is 1. The largest absolute Gasteiger partial charge is 0.348 e. The molecule has 8 heteroatoms. The van der Waals surface area contributed by atoms with Gasteiger partial charge >= 0.3 is 0 Å². The van der Waals surface area contributed by atoms with Crippen LogP contribution in [0, 0.1) is 5.82 Å². The van der Waals surface area contributed by atoms with Crippen molar-refractivity contribution < 1.29 is 17.6 Å². The quantitative estimate of drug-likeness (QED) is 0.888. The second kappa shape index (κ2) is 5.77. The van der Waals surface area contributed by atoms with Gasteiger partial charge in [0.25, 0.3) is 0 Å². The molecule has 0 aliphatic rings. The van der Waals surface area contributed by atoms with Gasteiger partial charge in [-0.1, -0.05) is 0 Å². The van der Waals surface area contributed by atoms with E-state index in [0.717, 1.165) is 6.07 Å². The SMILES string of the molecule is CN(C)C(=O)CNS(=O)(=O)c1ccc(Br)c(F)c1. The molecule has 0 saturated carbocycles. The van der Waals surface area contributed by atoms with E-state index < -0.39 is 21.7 Å². The van der Waals surface area contributed by atoms with E-state index >= 15 is 0 Å².